The molecule has 1 spiro atoms. The molecule has 17 heteroatoms. The lowest BCUT2D eigenvalue weighted by molar-refractivity contribution is -0.206. The Morgan fingerprint density at radius 2 is 1.57 bits per heavy atom. The van der Waals surface area contributed by atoms with E-state index >= 15 is 0 Å². The smallest absolute Gasteiger partial charge is 0.333 e. The number of amides is 2. The number of rotatable bonds is 14. The molecule has 5 rings (SSSR count). The number of phenolic OH excluding ortho intramolecular Hbond substituents is 1. The average molecular weight is 692 g/mol. The number of esters is 2. The van der Waals surface area contributed by atoms with Gasteiger partial charge in [-0.05, 0) is 44.1 Å². The van der Waals surface area contributed by atoms with Crippen molar-refractivity contribution >= 4 is 35.7 Å². The van der Waals surface area contributed by atoms with E-state index in [1.54, 1.807) is 12.1 Å². The molecule has 17 nitrogen and oxygen atoms in total. The van der Waals surface area contributed by atoms with Crippen molar-refractivity contribution in [3.63, 3.8) is 0 Å². The van der Waals surface area contributed by atoms with Crippen LogP contribution in [-0.2, 0) is 50.1 Å². The van der Waals surface area contributed by atoms with Crippen molar-refractivity contribution in [2.75, 3.05) is 26.7 Å². The zero-order valence-electron chi connectivity index (χ0n) is 26.0. The van der Waals surface area contributed by atoms with Gasteiger partial charge in [0.05, 0.1) is 37.1 Å². The lowest BCUT2D eigenvalue weighted by atomic mass is 9.50. The number of aliphatic hydroxyl groups excluding tert-OH is 2. The molecule has 2 heterocycles. The van der Waals surface area contributed by atoms with Crippen LogP contribution in [0.1, 0.15) is 57.1 Å². The minimum absolute atomic E-state index is 0. The number of benzene rings is 1. The first-order chi connectivity index (χ1) is 22.7. The van der Waals surface area contributed by atoms with Crippen LogP contribution in [0.3, 0.4) is 0 Å². The van der Waals surface area contributed by atoms with Gasteiger partial charge in [-0.1, -0.05) is 13.5 Å². The SMILES string of the molecule is C.CN1CC[C@]23c4c5ccc(O)c4O[C@H]2C(OC(=O)CCNC(=O)C[C@H](O)C(=O)O)=CC[C@@]3(OC(=O)CCNC(=O)C[C@H](O)C(=O)O)[C@H]1C5. The van der Waals surface area contributed by atoms with Crippen LogP contribution in [-0.4, -0.2) is 123 Å². The topological polar surface area (TPSA) is 259 Å². The summed E-state index contributed by atoms with van der Waals surface area (Å²) in [5.74, 6) is -5.85. The molecule has 0 unspecified atom stereocenters. The highest BCUT2D eigenvalue weighted by Gasteiger charge is 2.74. The van der Waals surface area contributed by atoms with Crippen LogP contribution in [0.2, 0.25) is 0 Å². The minimum atomic E-state index is -1.88. The van der Waals surface area contributed by atoms with Crippen molar-refractivity contribution < 1.29 is 68.5 Å². The fraction of sp³-hybridized carbons (Fsp3) is 0.562. The molecule has 2 aliphatic heterocycles. The Kier molecular flexibility index (Phi) is 10.9. The molecule has 0 saturated carbocycles. The number of aliphatic carboxylic acids is 2. The van der Waals surface area contributed by atoms with Gasteiger partial charge < -0.3 is 50.4 Å². The molecule has 1 fully saturated rings. The molecule has 2 bridgehead atoms. The van der Waals surface area contributed by atoms with E-state index in [1.165, 1.54) is 6.07 Å². The van der Waals surface area contributed by atoms with Crippen molar-refractivity contribution in [1.82, 2.24) is 15.5 Å². The number of hydrogen-bond donors (Lipinski definition) is 7. The van der Waals surface area contributed by atoms with Crippen LogP contribution < -0.4 is 15.4 Å². The molecule has 268 valence electrons. The number of piperidine rings is 1. The number of ether oxygens (including phenoxy) is 3. The fourth-order valence-electron chi connectivity index (χ4n) is 7.32. The number of nitrogens with one attached hydrogen (secondary N) is 2. The highest BCUT2D eigenvalue weighted by atomic mass is 16.6. The van der Waals surface area contributed by atoms with Gasteiger partial charge in [0, 0.05) is 25.1 Å². The number of phenols is 1. The van der Waals surface area contributed by atoms with Gasteiger partial charge >= 0.3 is 23.9 Å². The number of carboxylic acid groups (broad SMARTS) is 2. The van der Waals surface area contributed by atoms with Gasteiger partial charge in [-0.25, -0.2) is 9.59 Å². The fourth-order valence-corrected chi connectivity index (χ4v) is 7.32. The van der Waals surface area contributed by atoms with Gasteiger partial charge in [0.15, 0.2) is 29.8 Å². The maximum Gasteiger partial charge on any atom is 0.333 e. The van der Waals surface area contributed by atoms with E-state index in [0.29, 0.717) is 24.9 Å². The maximum atomic E-state index is 13.4. The molecule has 1 aromatic carbocycles. The highest BCUT2D eigenvalue weighted by molar-refractivity contribution is 5.84. The number of carbonyl (C=O) groups excluding carboxylic acids is 4. The zero-order chi connectivity index (χ0) is 35.0. The largest absolute Gasteiger partial charge is 0.504 e. The first-order valence-corrected chi connectivity index (χ1v) is 15.4. The third-order valence-electron chi connectivity index (χ3n) is 9.47. The minimum Gasteiger partial charge on any atom is -0.504 e. The van der Waals surface area contributed by atoms with E-state index in [4.69, 9.17) is 24.4 Å². The Morgan fingerprint density at radius 1 is 0.980 bits per heavy atom. The van der Waals surface area contributed by atoms with Crippen molar-refractivity contribution in [2.45, 2.75) is 87.7 Å². The first kappa shape index (κ1) is 37.1. The van der Waals surface area contributed by atoms with Gasteiger partial charge in [-0.2, -0.15) is 0 Å². The van der Waals surface area contributed by atoms with Crippen LogP contribution in [0.25, 0.3) is 0 Å². The van der Waals surface area contributed by atoms with Crippen molar-refractivity contribution in [3.05, 3.63) is 35.1 Å². The number of aliphatic hydroxyl groups is 2. The van der Waals surface area contributed by atoms with Gasteiger partial charge in [0.25, 0.3) is 0 Å². The molecular weight excluding hydrogens is 650 g/mol. The summed E-state index contributed by atoms with van der Waals surface area (Å²) in [6, 6.07) is 2.95. The van der Waals surface area contributed by atoms with Crippen LogP contribution in [0.5, 0.6) is 11.5 Å². The predicted octanol–water partition coefficient (Wildman–Crippen LogP) is -0.916. The summed E-state index contributed by atoms with van der Waals surface area (Å²) in [7, 11) is 1.90. The molecular formula is C32H41N3O14. The number of aromatic hydroxyl groups is 1. The van der Waals surface area contributed by atoms with Crippen LogP contribution in [0.15, 0.2) is 24.0 Å². The first-order valence-electron chi connectivity index (χ1n) is 15.4. The third kappa shape index (κ3) is 6.78. The van der Waals surface area contributed by atoms with E-state index < -0.39 is 77.9 Å². The van der Waals surface area contributed by atoms with E-state index in [-0.39, 0.29) is 63.1 Å². The molecule has 7 N–H and O–H groups in total. The number of carboxylic acids is 2. The predicted molar refractivity (Wildman–Crippen MR) is 165 cm³/mol. The summed E-state index contributed by atoms with van der Waals surface area (Å²) < 4.78 is 18.5. The molecule has 2 aliphatic carbocycles. The summed E-state index contributed by atoms with van der Waals surface area (Å²) in [5, 5.41) is 52.0. The zero-order valence-corrected chi connectivity index (χ0v) is 26.0. The summed E-state index contributed by atoms with van der Waals surface area (Å²) in [6.45, 7) is 0.176. The molecule has 0 aromatic heterocycles. The van der Waals surface area contributed by atoms with Crippen molar-refractivity contribution in [1.29, 1.82) is 0 Å². The quantitative estimate of drug-likeness (QED) is 0.116. The summed E-state index contributed by atoms with van der Waals surface area (Å²) in [6.07, 6.45) is -4.14. The Hall–Kier alpha value is -4.74. The van der Waals surface area contributed by atoms with Gasteiger partial charge in [0.2, 0.25) is 11.8 Å². The van der Waals surface area contributed by atoms with E-state index in [0.717, 1.165) is 5.56 Å². The lowest BCUT2D eigenvalue weighted by Gasteiger charge is -2.62. The Balaban J connectivity index is 0.00000541. The lowest BCUT2D eigenvalue weighted by Crippen LogP contribution is -2.75. The van der Waals surface area contributed by atoms with Crippen molar-refractivity contribution in [3.8, 4) is 11.5 Å². The Bertz CT molecular complexity index is 1560. The maximum absolute atomic E-state index is 13.4. The number of likely N-dealkylation sites (tertiary alicyclic amines) is 1. The van der Waals surface area contributed by atoms with E-state index in [2.05, 4.69) is 15.5 Å². The van der Waals surface area contributed by atoms with E-state index in [9.17, 15) is 44.1 Å². The average Bonchev–Trinajstić information content (AvgIpc) is 3.37. The summed E-state index contributed by atoms with van der Waals surface area (Å²) in [4.78, 5) is 74.0. The number of likely N-dealkylation sites (N-methyl/N-ethyl adjacent to an activating group) is 1. The van der Waals surface area contributed by atoms with Gasteiger partial charge in [0.1, 0.15) is 11.4 Å². The molecule has 0 radical (unpaired) electrons. The molecule has 49 heavy (non-hydrogen) atoms. The molecule has 2 amide bonds. The number of nitrogens with zero attached hydrogens (tertiary/aromatic N) is 1. The highest BCUT2D eigenvalue weighted by Crippen LogP contribution is 2.66. The van der Waals surface area contributed by atoms with Gasteiger partial charge in [-0.15, -0.1) is 0 Å². The second-order valence-corrected chi connectivity index (χ2v) is 12.3. The Labute approximate surface area is 280 Å². The second kappa shape index (κ2) is 14.4. The Morgan fingerprint density at radius 3 is 2.16 bits per heavy atom. The molecule has 1 saturated heterocycles. The molecule has 1 aromatic rings. The standard InChI is InChI=1S/C31H37N3O14.CH4/c1-34-11-8-30-25-15-2-3-16(35)26(25)47-27(30)19(46-23(40)5-9-32-21(38)13-17(36)28(42)43)4-7-31(30,20(34)12-15)48-24(41)6-10-33-22(39)14-18(37)29(44)45;/h2-4,17-18,20,27,35-37H,5-14H2,1H3,(H,32,38)(H,33,39)(H,42,43)(H,44,45);1H4/t17-,18-,20+,27-,30-,31+;/m0./s1. The van der Waals surface area contributed by atoms with Gasteiger partial charge in [-0.3, -0.25) is 24.1 Å². The second-order valence-electron chi connectivity index (χ2n) is 12.3. The van der Waals surface area contributed by atoms with E-state index in [1.807, 2.05) is 7.05 Å². The molecule has 6 atom stereocenters. The third-order valence-corrected chi connectivity index (χ3v) is 9.47. The number of carbonyl (C=O) groups is 6. The summed E-state index contributed by atoms with van der Waals surface area (Å²) in [5.41, 5.74) is -0.795. The monoisotopic (exact) mass is 691 g/mol. The molecule has 4 aliphatic rings. The normalized spacial score (nSPS) is 25.6. The van der Waals surface area contributed by atoms with Crippen LogP contribution in [0.4, 0.5) is 0 Å². The van der Waals surface area contributed by atoms with Crippen LogP contribution in [0, 0.1) is 0 Å². The number of hydrogen-bond acceptors (Lipinski definition) is 13. The van der Waals surface area contributed by atoms with Crippen LogP contribution >= 0.6 is 0 Å². The van der Waals surface area contributed by atoms with Crippen molar-refractivity contribution in [2.24, 2.45) is 0 Å². The summed E-state index contributed by atoms with van der Waals surface area (Å²) >= 11 is 0.